The van der Waals surface area contributed by atoms with Crippen LogP contribution in [-0.2, 0) is 9.47 Å². The van der Waals surface area contributed by atoms with Gasteiger partial charge in [-0.1, -0.05) is 190 Å². The lowest BCUT2D eigenvalue weighted by Gasteiger charge is -2.17. The Hall–Kier alpha value is -2.91. The summed E-state index contributed by atoms with van der Waals surface area (Å²) in [5.74, 6) is -0.239. The number of rotatable bonds is 26. The second-order valence-corrected chi connectivity index (χ2v) is 13.8. The van der Waals surface area contributed by atoms with Crippen molar-refractivity contribution in [1.29, 1.82) is 0 Å². The van der Waals surface area contributed by atoms with Crippen LogP contribution in [0.2, 0.25) is 0 Å². The van der Waals surface area contributed by atoms with Crippen molar-refractivity contribution in [3.05, 3.63) is 83.9 Å². The van der Waals surface area contributed by atoms with Crippen LogP contribution in [0.4, 0.5) is 0 Å². The van der Waals surface area contributed by atoms with Crippen molar-refractivity contribution >= 4 is 5.97 Å². The molecular weight excluding hydrogens is 588 g/mol. The Morgan fingerprint density at radius 3 is 1.56 bits per heavy atom. The molecule has 0 aliphatic heterocycles. The summed E-state index contributed by atoms with van der Waals surface area (Å²) in [4.78, 5) is 13.0. The Morgan fingerprint density at radius 1 is 0.562 bits per heavy atom. The average Bonchev–Trinajstić information content (AvgIpc) is 3.12. The highest BCUT2D eigenvalue weighted by molar-refractivity contribution is 5.97. The summed E-state index contributed by atoms with van der Waals surface area (Å²) < 4.78 is 12.0. The summed E-state index contributed by atoms with van der Waals surface area (Å²) >= 11 is 0. The van der Waals surface area contributed by atoms with Gasteiger partial charge < -0.3 is 9.47 Å². The molecule has 0 amide bonds. The van der Waals surface area contributed by atoms with Gasteiger partial charge in [0, 0.05) is 6.61 Å². The molecule has 0 saturated carbocycles. The minimum Gasteiger partial charge on any atom is -0.459 e. The molecule has 2 atom stereocenters. The third-order valence-electron chi connectivity index (χ3n) is 9.76. The molecule has 48 heavy (non-hydrogen) atoms. The Bertz CT molecular complexity index is 1250. The Kier molecular flexibility index (Phi) is 20.0. The molecule has 0 aliphatic carbocycles. The zero-order valence-electron chi connectivity index (χ0n) is 30.9. The zero-order chi connectivity index (χ0) is 34.2. The third kappa shape index (κ3) is 14.7. The predicted molar refractivity (Wildman–Crippen MR) is 206 cm³/mol. The Morgan fingerprint density at radius 2 is 1.04 bits per heavy atom. The van der Waals surface area contributed by atoms with E-state index in [1.165, 1.54) is 107 Å². The highest BCUT2D eigenvalue weighted by Gasteiger charge is 2.18. The molecule has 3 aromatic carbocycles. The van der Waals surface area contributed by atoms with Crippen LogP contribution in [0.25, 0.3) is 22.3 Å². The van der Waals surface area contributed by atoms with E-state index in [2.05, 4.69) is 76.2 Å². The largest absolute Gasteiger partial charge is 0.459 e. The van der Waals surface area contributed by atoms with Crippen molar-refractivity contribution in [3.63, 3.8) is 0 Å². The molecule has 0 aliphatic rings. The maximum atomic E-state index is 13.0. The molecule has 0 saturated heterocycles. The number of hydrogen-bond acceptors (Lipinski definition) is 3. The highest BCUT2D eigenvalue weighted by atomic mass is 16.5. The number of unbranched alkanes of at least 4 members (excludes halogenated alkanes) is 15. The highest BCUT2D eigenvalue weighted by Crippen LogP contribution is 2.29. The molecule has 0 fully saturated rings. The molecule has 3 aromatic rings. The van der Waals surface area contributed by atoms with Gasteiger partial charge in [-0.2, -0.15) is 0 Å². The minimum absolute atomic E-state index is 0.0344. The van der Waals surface area contributed by atoms with E-state index >= 15 is 0 Å². The molecular formula is C45H66O3. The van der Waals surface area contributed by atoms with Gasteiger partial charge in [0.2, 0.25) is 0 Å². The van der Waals surface area contributed by atoms with Gasteiger partial charge >= 0.3 is 5.97 Å². The topological polar surface area (TPSA) is 35.5 Å². The van der Waals surface area contributed by atoms with Gasteiger partial charge in [-0.25, -0.2) is 4.79 Å². The van der Waals surface area contributed by atoms with Crippen LogP contribution in [0.1, 0.15) is 172 Å². The van der Waals surface area contributed by atoms with Gasteiger partial charge in [-0.05, 0) is 60.1 Å². The van der Waals surface area contributed by atoms with Crippen LogP contribution >= 0.6 is 0 Å². The molecule has 0 spiro atoms. The number of hydrogen-bond donors (Lipinski definition) is 0. The van der Waals surface area contributed by atoms with Crippen molar-refractivity contribution in [2.45, 2.75) is 162 Å². The van der Waals surface area contributed by atoms with Crippen LogP contribution in [0, 0.1) is 0 Å². The summed E-state index contributed by atoms with van der Waals surface area (Å²) in [6.07, 6.45) is 25.0. The van der Waals surface area contributed by atoms with E-state index in [1.54, 1.807) is 0 Å². The maximum absolute atomic E-state index is 13.0. The van der Waals surface area contributed by atoms with Gasteiger partial charge in [0.1, 0.15) is 6.10 Å². The first-order chi connectivity index (χ1) is 23.6. The molecule has 3 heteroatoms. The number of carbonyl (C=O) groups is 1. The Labute approximate surface area is 294 Å². The smallest absolute Gasteiger partial charge is 0.339 e. The monoisotopic (exact) mass is 655 g/mol. The van der Waals surface area contributed by atoms with Crippen molar-refractivity contribution in [3.8, 4) is 22.3 Å². The van der Waals surface area contributed by atoms with Crippen LogP contribution in [-0.4, -0.2) is 18.7 Å². The zero-order valence-corrected chi connectivity index (χ0v) is 30.9. The minimum atomic E-state index is -0.239. The number of ether oxygens (including phenoxy) is 2. The summed E-state index contributed by atoms with van der Waals surface area (Å²) in [7, 11) is 0. The molecule has 264 valence electrons. The van der Waals surface area contributed by atoms with E-state index in [1.807, 2.05) is 24.3 Å². The lowest BCUT2D eigenvalue weighted by molar-refractivity contribution is 0.0272. The van der Waals surface area contributed by atoms with Crippen molar-refractivity contribution in [2.24, 2.45) is 0 Å². The molecule has 0 radical (unpaired) electrons. The van der Waals surface area contributed by atoms with E-state index < -0.39 is 0 Å². The molecule has 0 heterocycles. The molecule has 0 bridgehead atoms. The molecule has 0 aromatic heterocycles. The normalized spacial score (nSPS) is 12.6. The van der Waals surface area contributed by atoms with Crippen molar-refractivity contribution < 1.29 is 14.3 Å². The maximum Gasteiger partial charge on any atom is 0.339 e. The fourth-order valence-corrected chi connectivity index (χ4v) is 6.59. The first-order valence-corrected chi connectivity index (χ1v) is 19.7. The molecule has 3 rings (SSSR count). The predicted octanol–water partition coefficient (Wildman–Crippen LogP) is 14.1. The van der Waals surface area contributed by atoms with Crippen LogP contribution < -0.4 is 0 Å². The van der Waals surface area contributed by atoms with E-state index in [0.29, 0.717) is 5.56 Å². The fraction of sp³-hybridized carbons (Fsp3) is 0.578. The summed E-state index contributed by atoms with van der Waals surface area (Å²) in [6.45, 7) is 9.47. The fourth-order valence-electron chi connectivity index (χ4n) is 6.59. The van der Waals surface area contributed by atoms with Crippen molar-refractivity contribution in [2.75, 3.05) is 6.61 Å². The molecule has 3 nitrogen and oxygen atoms in total. The van der Waals surface area contributed by atoms with Gasteiger partial charge in [0.25, 0.3) is 0 Å². The number of benzene rings is 3. The van der Waals surface area contributed by atoms with Crippen molar-refractivity contribution in [1.82, 2.24) is 0 Å². The standard InChI is InChI=1S/C45H66O3/c1-5-8-9-10-11-12-13-14-15-16-17-18-19-20-21-24-36-47-37(4)38-28-30-39(31-29-38)40-32-34-41(35-33-40)43-26-22-23-27-44(43)45(46)48-42(7-3)25-6-2/h22-23,26-35,37,42H,5-21,24-25,36H2,1-4H3. The van der Waals surface area contributed by atoms with E-state index in [4.69, 9.17) is 9.47 Å². The third-order valence-corrected chi connectivity index (χ3v) is 9.76. The Balaban J connectivity index is 1.32. The van der Waals surface area contributed by atoms with Crippen LogP contribution in [0.15, 0.2) is 72.8 Å². The lowest BCUT2D eigenvalue weighted by atomic mass is 9.96. The van der Waals surface area contributed by atoms with E-state index in [9.17, 15) is 4.79 Å². The molecule has 2 unspecified atom stereocenters. The van der Waals surface area contributed by atoms with Gasteiger partial charge in [-0.3, -0.25) is 0 Å². The van der Waals surface area contributed by atoms with E-state index in [0.717, 1.165) is 49.0 Å². The number of esters is 1. The summed E-state index contributed by atoms with van der Waals surface area (Å²) in [5.41, 5.74) is 6.09. The van der Waals surface area contributed by atoms with Gasteiger partial charge in [-0.15, -0.1) is 0 Å². The summed E-state index contributed by atoms with van der Waals surface area (Å²) in [5, 5.41) is 0. The molecule has 0 N–H and O–H groups in total. The van der Waals surface area contributed by atoms with E-state index in [-0.39, 0.29) is 18.2 Å². The second kappa shape index (κ2) is 24.3. The first kappa shape index (κ1) is 39.5. The lowest BCUT2D eigenvalue weighted by Crippen LogP contribution is -2.17. The quantitative estimate of drug-likeness (QED) is 0.0638. The summed E-state index contributed by atoms with van der Waals surface area (Å²) in [6, 6.07) is 25.0. The first-order valence-electron chi connectivity index (χ1n) is 19.7. The number of carbonyl (C=O) groups excluding carboxylic acids is 1. The van der Waals surface area contributed by atoms with Gasteiger partial charge in [0.15, 0.2) is 0 Å². The average molecular weight is 655 g/mol. The van der Waals surface area contributed by atoms with Gasteiger partial charge in [0.05, 0.1) is 11.7 Å². The SMILES string of the molecule is CCCCCCCCCCCCCCCCCCOC(C)c1ccc(-c2ccc(-c3ccccc3C(=O)OC(CC)CCC)cc2)cc1. The van der Waals surface area contributed by atoms with Crippen LogP contribution in [0.3, 0.4) is 0 Å². The van der Waals surface area contributed by atoms with Crippen LogP contribution in [0.5, 0.6) is 0 Å². The second-order valence-electron chi connectivity index (χ2n) is 13.8.